The van der Waals surface area contributed by atoms with E-state index in [0.717, 1.165) is 42.9 Å². The molecule has 5 nitrogen and oxygen atoms in total. The third-order valence-electron chi connectivity index (χ3n) is 4.80. The minimum atomic E-state index is 0. The van der Waals surface area contributed by atoms with Crippen LogP contribution in [-0.4, -0.2) is 32.0 Å². The third-order valence-corrected chi connectivity index (χ3v) is 4.80. The maximum Gasteiger partial charge on any atom is 0.231 e. The number of nitrogens with zero attached hydrogens (tertiary/aromatic N) is 1. The molecule has 0 aliphatic carbocycles. The zero-order valence-electron chi connectivity index (χ0n) is 15.5. The molecule has 1 saturated heterocycles. The maximum absolute atomic E-state index is 12.4. The number of benzene rings is 2. The summed E-state index contributed by atoms with van der Waals surface area (Å²) in [5, 5.41) is 6.24. The first-order valence-electron chi connectivity index (χ1n) is 9.05. The number of likely N-dealkylation sites (N-methyl/N-ethyl adjacent to an activating group) is 1. The second-order valence-corrected chi connectivity index (χ2v) is 6.68. The van der Waals surface area contributed by atoms with Crippen molar-refractivity contribution in [3.05, 3.63) is 60.2 Å². The molecule has 3 rings (SSSR count). The van der Waals surface area contributed by atoms with Crippen molar-refractivity contribution in [1.82, 2.24) is 5.32 Å². The van der Waals surface area contributed by atoms with Gasteiger partial charge in [-0.2, -0.15) is 0 Å². The average Bonchev–Trinajstić information content (AvgIpc) is 2.70. The fourth-order valence-corrected chi connectivity index (χ4v) is 3.12. The van der Waals surface area contributed by atoms with E-state index < -0.39 is 0 Å². The summed E-state index contributed by atoms with van der Waals surface area (Å²) in [6, 6.07) is 17.1. The second-order valence-electron chi connectivity index (χ2n) is 6.68. The maximum atomic E-state index is 12.4. The highest BCUT2D eigenvalue weighted by molar-refractivity contribution is 5.95. The van der Waals surface area contributed by atoms with Crippen LogP contribution in [0.25, 0.3) is 0 Å². The van der Waals surface area contributed by atoms with E-state index >= 15 is 0 Å². The average molecular weight is 388 g/mol. The molecule has 1 aliphatic rings. The molecule has 0 spiro atoms. The quantitative estimate of drug-likeness (QED) is 0.827. The summed E-state index contributed by atoms with van der Waals surface area (Å²) in [5.41, 5.74) is 2.59. The monoisotopic (exact) mass is 387 g/mol. The number of carbonyl (C=O) groups excluding carboxylic acids is 2. The Morgan fingerprint density at radius 3 is 2.30 bits per heavy atom. The third kappa shape index (κ3) is 5.81. The van der Waals surface area contributed by atoms with E-state index in [9.17, 15) is 9.59 Å². The van der Waals surface area contributed by atoms with Gasteiger partial charge in [0.2, 0.25) is 11.8 Å². The highest BCUT2D eigenvalue weighted by atomic mass is 35.5. The number of para-hydroxylation sites is 1. The number of anilines is 2. The molecule has 0 aromatic heterocycles. The molecule has 1 aliphatic heterocycles. The molecule has 2 aromatic rings. The van der Waals surface area contributed by atoms with Crippen LogP contribution in [0.3, 0.4) is 0 Å². The zero-order valence-corrected chi connectivity index (χ0v) is 16.3. The topological polar surface area (TPSA) is 61.4 Å². The predicted octanol–water partition coefficient (Wildman–Crippen LogP) is 3.25. The van der Waals surface area contributed by atoms with Gasteiger partial charge in [-0.05, 0) is 55.8 Å². The first kappa shape index (κ1) is 20.9. The van der Waals surface area contributed by atoms with Crippen molar-refractivity contribution in [1.29, 1.82) is 0 Å². The van der Waals surface area contributed by atoms with Crippen LogP contribution in [0.15, 0.2) is 54.6 Å². The largest absolute Gasteiger partial charge is 0.326 e. The molecule has 0 atom stereocenters. The summed E-state index contributed by atoms with van der Waals surface area (Å²) in [6.45, 7) is 1.79. The number of hydrogen-bond acceptors (Lipinski definition) is 3. The molecule has 1 fully saturated rings. The van der Waals surface area contributed by atoms with Crippen molar-refractivity contribution in [2.75, 3.05) is 30.4 Å². The number of rotatable bonds is 5. The Bertz CT molecular complexity index is 744. The minimum Gasteiger partial charge on any atom is -0.326 e. The lowest BCUT2D eigenvalue weighted by Gasteiger charge is -2.21. The summed E-state index contributed by atoms with van der Waals surface area (Å²) >= 11 is 0. The van der Waals surface area contributed by atoms with Crippen molar-refractivity contribution >= 4 is 35.6 Å². The number of piperidine rings is 1. The molecule has 2 N–H and O–H groups in total. The van der Waals surface area contributed by atoms with E-state index in [1.165, 1.54) is 0 Å². The van der Waals surface area contributed by atoms with Gasteiger partial charge in [-0.15, -0.1) is 12.4 Å². The molecule has 0 radical (unpaired) electrons. The highest BCUT2D eigenvalue weighted by Gasteiger charge is 2.20. The lowest BCUT2D eigenvalue weighted by molar-refractivity contribution is -0.120. The summed E-state index contributed by atoms with van der Waals surface area (Å²) in [5.74, 6) is 0.193. The van der Waals surface area contributed by atoms with E-state index in [0.29, 0.717) is 6.42 Å². The fourth-order valence-electron chi connectivity index (χ4n) is 3.12. The molecule has 2 amide bonds. The van der Waals surface area contributed by atoms with E-state index in [1.807, 2.05) is 54.6 Å². The molecule has 2 aromatic carbocycles. The van der Waals surface area contributed by atoms with Crippen LogP contribution < -0.4 is 15.5 Å². The second kappa shape index (κ2) is 10.1. The van der Waals surface area contributed by atoms with Crippen LogP contribution in [0, 0.1) is 5.92 Å². The Labute approximate surface area is 166 Å². The molecule has 144 valence electrons. The smallest absolute Gasteiger partial charge is 0.231 e. The molecule has 0 bridgehead atoms. The summed E-state index contributed by atoms with van der Waals surface area (Å²) < 4.78 is 0. The van der Waals surface area contributed by atoms with Crippen LogP contribution in [0.4, 0.5) is 11.4 Å². The van der Waals surface area contributed by atoms with Gasteiger partial charge in [0.15, 0.2) is 0 Å². The summed E-state index contributed by atoms with van der Waals surface area (Å²) in [6.07, 6.45) is 2.09. The Balaban J connectivity index is 0.00000261. The standard InChI is InChI=1S/C21H25N3O2.ClH/c1-24(19-5-3-2-4-6-19)20(25)15-16-7-9-18(10-8-16)23-21(26)17-11-13-22-14-12-17;/h2-10,17,22H,11-15H2,1H3,(H,23,26);1H. The molecule has 0 saturated carbocycles. The van der Waals surface area contributed by atoms with Crippen molar-refractivity contribution in [2.45, 2.75) is 19.3 Å². The van der Waals surface area contributed by atoms with Crippen LogP contribution in [-0.2, 0) is 16.0 Å². The molecule has 6 heteroatoms. The van der Waals surface area contributed by atoms with Crippen molar-refractivity contribution < 1.29 is 9.59 Å². The number of carbonyl (C=O) groups is 2. The van der Waals surface area contributed by atoms with Gasteiger partial charge < -0.3 is 15.5 Å². The van der Waals surface area contributed by atoms with Gasteiger partial charge in [-0.25, -0.2) is 0 Å². The van der Waals surface area contributed by atoms with Gasteiger partial charge in [-0.1, -0.05) is 30.3 Å². The van der Waals surface area contributed by atoms with Gasteiger partial charge in [0.1, 0.15) is 0 Å². The molecule has 27 heavy (non-hydrogen) atoms. The number of halogens is 1. The lowest BCUT2D eigenvalue weighted by atomic mass is 9.97. The SMILES string of the molecule is CN(C(=O)Cc1ccc(NC(=O)C2CCNCC2)cc1)c1ccccc1.Cl. The van der Waals surface area contributed by atoms with Gasteiger partial charge >= 0.3 is 0 Å². The lowest BCUT2D eigenvalue weighted by Crippen LogP contribution is -2.34. The van der Waals surface area contributed by atoms with E-state index in [-0.39, 0.29) is 30.1 Å². The van der Waals surface area contributed by atoms with Gasteiger partial charge in [0, 0.05) is 24.3 Å². The van der Waals surface area contributed by atoms with Crippen molar-refractivity contribution in [3.8, 4) is 0 Å². The normalized spacial score (nSPS) is 14.1. The van der Waals surface area contributed by atoms with Crippen LogP contribution in [0.1, 0.15) is 18.4 Å². The van der Waals surface area contributed by atoms with E-state index in [2.05, 4.69) is 10.6 Å². The molecule has 0 unspecified atom stereocenters. The Kier molecular flexibility index (Phi) is 7.82. The van der Waals surface area contributed by atoms with Gasteiger partial charge in [0.25, 0.3) is 0 Å². The Morgan fingerprint density at radius 2 is 1.67 bits per heavy atom. The van der Waals surface area contributed by atoms with E-state index in [1.54, 1.807) is 11.9 Å². The van der Waals surface area contributed by atoms with Crippen LogP contribution in [0.2, 0.25) is 0 Å². The van der Waals surface area contributed by atoms with E-state index in [4.69, 9.17) is 0 Å². The molecular weight excluding hydrogens is 362 g/mol. The highest BCUT2D eigenvalue weighted by Crippen LogP contribution is 2.17. The molecule has 1 heterocycles. The summed E-state index contributed by atoms with van der Waals surface area (Å²) in [4.78, 5) is 26.4. The first-order valence-corrected chi connectivity index (χ1v) is 9.05. The van der Waals surface area contributed by atoms with Gasteiger partial charge in [0.05, 0.1) is 6.42 Å². The van der Waals surface area contributed by atoms with Crippen LogP contribution in [0.5, 0.6) is 0 Å². The fraction of sp³-hybridized carbons (Fsp3) is 0.333. The van der Waals surface area contributed by atoms with Crippen molar-refractivity contribution in [3.63, 3.8) is 0 Å². The summed E-state index contributed by atoms with van der Waals surface area (Å²) in [7, 11) is 1.78. The van der Waals surface area contributed by atoms with Crippen LogP contribution >= 0.6 is 12.4 Å². The van der Waals surface area contributed by atoms with Crippen molar-refractivity contribution in [2.24, 2.45) is 5.92 Å². The zero-order chi connectivity index (χ0) is 18.4. The van der Waals surface area contributed by atoms with Gasteiger partial charge in [-0.3, -0.25) is 9.59 Å². The number of amides is 2. The first-order chi connectivity index (χ1) is 12.6. The number of nitrogens with one attached hydrogen (secondary N) is 2. The predicted molar refractivity (Wildman–Crippen MR) is 111 cm³/mol. The molecular formula is C21H26ClN3O2. The Hall–Kier alpha value is -2.37. The number of hydrogen-bond donors (Lipinski definition) is 2. The Morgan fingerprint density at radius 1 is 1.04 bits per heavy atom. The minimum absolute atomic E-state index is 0.